The molecule has 0 aromatic rings. The minimum Gasteiger partial charge on any atom is -0.299 e. The van der Waals surface area contributed by atoms with Crippen molar-refractivity contribution in [2.24, 2.45) is 58.2 Å². The Labute approximate surface area is 187 Å². The molecular weight excluding hydrogens is 364 g/mol. The van der Waals surface area contributed by atoms with Crippen LogP contribution in [0.3, 0.4) is 0 Å². The van der Waals surface area contributed by atoms with Crippen LogP contribution in [0.4, 0.5) is 0 Å². The van der Waals surface area contributed by atoms with Crippen molar-refractivity contribution in [2.75, 3.05) is 0 Å². The number of fused-ring (bicyclic) bond motifs is 5. The quantitative estimate of drug-likeness (QED) is 0.427. The molecule has 0 heterocycles. The Kier molecular flexibility index (Phi) is 6.51. The number of rotatable bonds is 6. The Bertz CT molecular complexity index is 622. The van der Waals surface area contributed by atoms with Crippen LogP contribution in [0.5, 0.6) is 0 Å². The molecule has 4 saturated carbocycles. The Morgan fingerprint density at radius 3 is 2.40 bits per heavy atom. The second kappa shape index (κ2) is 8.55. The lowest BCUT2D eigenvalue weighted by molar-refractivity contribution is -0.141. The number of Topliss-reactive ketones (excluding diaryl/α,β-unsaturated/α-hetero) is 1. The van der Waals surface area contributed by atoms with Gasteiger partial charge in [0.1, 0.15) is 5.78 Å². The van der Waals surface area contributed by atoms with Crippen LogP contribution in [0.2, 0.25) is 0 Å². The number of carbonyl (C=O) groups excluding carboxylic acids is 1. The zero-order valence-corrected chi connectivity index (χ0v) is 21.0. The Morgan fingerprint density at radius 2 is 1.70 bits per heavy atom. The third kappa shape index (κ3) is 3.63. The largest absolute Gasteiger partial charge is 0.299 e. The number of ketones is 1. The summed E-state index contributed by atoms with van der Waals surface area (Å²) in [4.78, 5) is 13.6. The van der Waals surface area contributed by atoms with Gasteiger partial charge in [-0.3, -0.25) is 4.79 Å². The Hall–Kier alpha value is -0.330. The summed E-state index contributed by atoms with van der Waals surface area (Å²) in [6, 6.07) is 0. The lowest BCUT2D eigenvalue weighted by Crippen LogP contribution is -2.54. The SMILES string of the molecule is CC[C@H](CC[C@@H](C)[C@H]1CC(=O)[C@H]2[C@@H]3CCC4CCCC[C@]4(C)[C@H]3CC[C@]12C)C(C)C. The van der Waals surface area contributed by atoms with E-state index in [-0.39, 0.29) is 5.41 Å². The van der Waals surface area contributed by atoms with E-state index >= 15 is 0 Å². The summed E-state index contributed by atoms with van der Waals surface area (Å²) in [6.45, 7) is 14.8. The fourth-order valence-corrected chi connectivity index (χ4v) is 9.67. The second-order valence-electron chi connectivity index (χ2n) is 13.1. The van der Waals surface area contributed by atoms with E-state index in [2.05, 4.69) is 41.5 Å². The van der Waals surface area contributed by atoms with Crippen LogP contribution in [0.1, 0.15) is 119 Å². The maximum absolute atomic E-state index is 13.6. The van der Waals surface area contributed by atoms with E-state index in [1.165, 1.54) is 70.6 Å². The van der Waals surface area contributed by atoms with Gasteiger partial charge in [-0.2, -0.15) is 0 Å². The molecule has 0 spiro atoms. The van der Waals surface area contributed by atoms with Gasteiger partial charge in [-0.05, 0) is 97.2 Å². The van der Waals surface area contributed by atoms with Gasteiger partial charge in [0.2, 0.25) is 0 Å². The van der Waals surface area contributed by atoms with E-state index in [9.17, 15) is 4.79 Å². The molecule has 1 unspecified atom stereocenters. The molecule has 0 aliphatic heterocycles. The summed E-state index contributed by atoms with van der Waals surface area (Å²) < 4.78 is 0. The van der Waals surface area contributed by atoms with Crippen molar-refractivity contribution in [1.82, 2.24) is 0 Å². The minimum absolute atomic E-state index is 0.287. The van der Waals surface area contributed by atoms with Crippen molar-refractivity contribution in [3.05, 3.63) is 0 Å². The molecule has 0 bridgehead atoms. The highest BCUT2D eigenvalue weighted by Gasteiger charge is 2.62. The normalized spacial score (nSPS) is 45.6. The smallest absolute Gasteiger partial charge is 0.137 e. The van der Waals surface area contributed by atoms with E-state index in [0.29, 0.717) is 34.9 Å². The van der Waals surface area contributed by atoms with E-state index in [1.54, 1.807) is 0 Å². The molecule has 0 radical (unpaired) electrons. The molecule has 0 saturated heterocycles. The average Bonchev–Trinajstić information content (AvgIpc) is 2.98. The molecule has 172 valence electrons. The molecule has 4 aliphatic rings. The summed E-state index contributed by atoms with van der Waals surface area (Å²) in [6.07, 6.45) is 16.1. The molecule has 0 aromatic carbocycles. The highest BCUT2D eigenvalue weighted by molar-refractivity contribution is 5.85. The molecule has 1 heteroatoms. The highest BCUT2D eigenvalue weighted by atomic mass is 16.1. The molecule has 30 heavy (non-hydrogen) atoms. The lowest BCUT2D eigenvalue weighted by atomic mass is 9.44. The Morgan fingerprint density at radius 1 is 0.933 bits per heavy atom. The number of hydrogen-bond donors (Lipinski definition) is 0. The van der Waals surface area contributed by atoms with Gasteiger partial charge in [0, 0.05) is 12.3 Å². The van der Waals surface area contributed by atoms with Crippen molar-refractivity contribution < 1.29 is 4.79 Å². The first-order chi connectivity index (χ1) is 14.2. The maximum Gasteiger partial charge on any atom is 0.137 e. The van der Waals surface area contributed by atoms with Crippen LogP contribution < -0.4 is 0 Å². The maximum atomic E-state index is 13.6. The van der Waals surface area contributed by atoms with Crippen LogP contribution in [0.25, 0.3) is 0 Å². The summed E-state index contributed by atoms with van der Waals surface area (Å²) >= 11 is 0. The topological polar surface area (TPSA) is 17.1 Å². The summed E-state index contributed by atoms with van der Waals surface area (Å²) in [5, 5.41) is 0. The van der Waals surface area contributed by atoms with E-state index in [4.69, 9.17) is 0 Å². The van der Waals surface area contributed by atoms with Crippen molar-refractivity contribution in [3.63, 3.8) is 0 Å². The molecule has 0 N–H and O–H groups in total. The van der Waals surface area contributed by atoms with Gasteiger partial charge in [0.15, 0.2) is 0 Å². The van der Waals surface area contributed by atoms with Gasteiger partial charge in [0.25, 0.3) is 0 Å². The van der Waals surface area contributed by atoms with Crippen LogP contribution in [0.15, 0.2) is 0 Å². The van der Waals surface area contributed by atoms with Gasteiger partial charge in [-0.25, -0.2) is 0 Å². The predicted molar refractivity (Wildman–Crippen MR) is 127 cm³/mol. The number of carbonyl (C=O) groups is 1. The van der Waals surface area contributed by atoms with Gasteiger partial charge in [0.05, 0.1) is 0 Å². The third-order valence-corrected chi connectivity index (χ3v) is 11.6. The van der Waals surface area contributed by atoms with Gasteiger partial charge in [-0.1, -0.05) is 67.2 Å². The van der Waals surface area contributed by atoms with E-state index in [0.717, 1.165) is 30.1 Å². The second-order valence-corrected chi connectivity index (χ2v) is 13.1. The molecule has 4 aliphatic carbocycles. The molecule has 0 aromatic heterocycles. The van der Waals surface area contributed by atoms with Crippen LogP contribution in [-0.4, -0.2) is 5.78 Å². The molecule has 4 rings (SSSR count). The zero-order chi connectivity index (χ0) is 21.7. The molecule has 1 nitrogen and oxygen atoms in total. The van der Waals surface area contributed by atoms with E-state index in [1.807, 2.05) is 0 Å². The molecule has 9 atom stereocenters. The first-order valence-electron chi connectivity index (χ1n) is 13.7. The van der Waals surface area contributed by atoms with Gasteiger partial charge in [-0.15, -0.1) is 0 Å². The summed E-state index contributed by atoms with van der Waals surface area (Å²) in [5.74, 6) is 6.51. The van der Waals surface area contributed by atoms with Crippen LogP contribution in [-0.2, 0) is 4.79 Å². The molecule has 4 fully saturated rings. The molecule has 0 amide bonds. The Balaban J connectivity index is 1.50. The summed E-state index contributed by atoms with van der Waals surface area (Å²) in [7, 11) is 0. The van der Waals surface area contributed by atoms with Gasteiger partial charge < -0.3 is 0 Å². The number of hydrogen-bond acceptors (Lipinski definition) is 1. The van der Waals surface area contributed by atoms with Crippen molar-refractivity contribution >= 4 is 5.78 Å². The standard InChI is InChI=1S/C29H50O/c1-7-21(19(2)3)12-11-20(4)25-18-26(30)27-23-14-13-22-10-8-9-16-28(22,5)24(23)15-17-29(25,27)6/h19-25,27H,7-18H2,1-6H3/t20-,21-,22?,23-,24+,25-,27-,28+,29-/m1/s1. The third-order valence-electron chi connectivity index (χ3n) is 11.6. The van der Waals surface area contributed by atoms with Crippen LogP contribution in [0, 0.1) is 58.2 Å². The average molecular weight is 415 g/mol. The fraction of sp³-hybridized carbons (Fsp3) is 0.966. The lowest BCUT2D eigenvalue weighted by Gasteiger charge is -2.60. The van der Waals surface area contributed by atoms with Gasteiger partial charge >= 0.3 is 0 Å². The van der Waals surface area contributed by atoms with Crippen LogP contribution >= 0.6 is 0 Å². The molecular formula is C29H50O. The first-order valence-corrected chi connectivity index (χ1v) is 13.7. The monoisotopic (exact) mass is 414 g/mol. The summed E-state index contributed by atoms with van der Waals surface area (Å²) in [5.41, 5.74) is 0.827. The highest BCUT2D eigenvalue weighted by Crippen LogP contribution is 2.67. The fourth-order valence-electron chi connectivity index (χ4n) is 9.67. The van der Waals surface area contributed by atoms with E-state index < -0.39 is 0 Å². The minimum atomic E-state index is 0.287. The zero-order valence-electron chi connectivity index (χ0n) is 21.0. The predicted octanol–water partition coefficient (Wildman–Crippen LogP) is 8.31. The van der Waals surface area contributed by atoms with Crippen molar-refractivity contribution in [2.45, 2.75) is 119 Å². The van der Waals surface area contributed by atoms with Crippen molar-refractivity contribution in [1.29, 1.82) is 0 Å². The van der Waals surface area contributed by atoms with Crippen molar-refractivity contribution in [3.8, 4) is 0 Å². The first kappa shape index (κ1) is 22.8.